The standard InChI is InChI=1S/C19H21N3O2/c1-22(2)16-10-6-7-14(13-16)17(23)20-21-18(24)19(11-12-19)15-8-4-3-5-9-15/h3-10,13H,11-12H2,1-2H3,(H,20,23)(H,21,24). The van der Waals surface area contributed by atoms with Gasteiger partial charge in [-0.25, -0.2) is 0 Å². The van der Waals surface area contributed by atoms with Crippen molar-refractivity contribution in [2.24, 2.45) is 0 Å². The smallest absolute Gasteiger partial charge is 0.269 e. The van der Waals surface area contributed by atoms with Crippen LogP contribution in [0.1, 0.15) is 28.8 Å². The second kappa shape index (κ2) is 6.35. The monoisotopic (exact) mass is 323 g/mol. The van der Waals surface area contributed by atoms with E-state index >= 15 is 0 Å². The predicted molar refractivity (Wildman–Crippen MR) is 93.7 cm³/mol. The zero-order valence-electron chi connectivity index (χ0n) is 13.9. The van der Waals surface area contributed by atoms with Crippen molar-refractivity contribution in [2.45, 2.75) is 18.3 Å². The second-order valence-corrected chi connectivity index (χ2v) is 6.30. The summed E-state index contributed by atoms with van der Waals surface area (Å²) < 4.78 is 0. The molecule has 3 rings (SSSR count). The Bertz CT molecular complexity index is 752. The number of anilines is 1. The third-order valence-corrected chi connectivity index (χ3v) is 4.43. The van der Waals surface area contributed by atoms with Crippen molar-refractivity contribution in [2.75, 3.05) is 19.0 Å². The maximum Gasteiger partial charge on any atom is 0.269 e. The summed E-state index contributed by atoms with van der Waals surface area (Å²) in [5.74, 6) is -0.485. The summed E-state index contributed by atoms with van der Waals surface area (Å²) in [6, 6.07) is 16.9. The number of hydrazine groups is 1. The maximum absolute atomic E-state index is 12.5. The summed E-state index contributed by atoms with van der Waals surface area (Å²) in [5.41, 5.74) is 7.03. The first-order valence-corrected chi connectivity index (χ1v) is 7.97. The molecule has 1 fully saturated rings. The number of carbonyl (C=O) groups is 2. The normalized spacial score (nSPS) is 14.6. The SMILES string of the molecule is CN(C)c1cccc(C(=O)NNC(=O)C2(c3ccccc3)CC2)c1. The Morgan fingerprint density at radius 1 is 0.958 bits per heavy atom. The van der Waals surface area contributed by atoms with E-state index in [1.807, 2.05) is 61.5 Å². The highest BCUT2D eigenvalue weighted by molar-refractivity contribution is 5.98. The van der Waals surface area contributed by atoms with Gasteiger partial charge >= 0.3 is 0 Å². The predicted octanol–water partition coefficient (Wildman–Crippen LogP) is 2.25. The van der Waals surface area contributed by atoms with Gasteiger partial charge < -0.3 is 4.90 Å². The lowest BCUT2D eigenvalue weighted by Crippen LogP contribution is -2.46. The van der Waals surface area contributed by atoms with Gasteiger partial charge in [0.05, 0.1) is 5.41 Å². The lowest BCUT2D eigenvalue weighted by atomic mass is 9.95. The van der Waals surface area contributed by atoms with Crippen LogP contribution in [0.5, 0.6) is 0 Å². The molecule has 0 saturated heterocycles. The number of nitrogens with one attached hydrogen (secondary N) is 2. The molecule has 0 spiro atoms. The zero-order valence-corrected chi connectivity index (χ0v) is 13.9. The molecule has 1 aliphatic rings. The molecule has 0 atom stereocenters. The summed E-state index contributed by atoms with van der Waals surface area (Å²) in [6.45, 7) is 0. The van der Waals surface area contributed by atoms with E-state index in [-0.39, 0.29) is 11.8 Å². The Morgan fingerprint density at radius 2 is 1.67 bits per heavy atom. The molecular weight excluding hydrogens is 302 g/mol. The number of rotatable bonds is 4. The molecule has 1 saturated carbocycles. The minimum absolute atomic E-state index is 0.161. The van der Waals surface area contributed by atoms with Crippen molar-refractivity contribution in [3.63, 3.8) is 0 Å². The number of amides is 2. The van der Waals surface area contributed by atoms with E-state index in [0.29, 0.717) is 5.56 Å². The highest BCUT2D eigenvalue weighted by Gasteiger charge is 2.51. The Balaban J connectivity index is 1.65. The van der Waals surface area contributed by atoms with Crippen LogP contribution >= 0.6 is 0 Å². The summed E-state index contributed by atoms with van der Waals surface area (Å²) in [4.78, 5) is 26.7. The van der Waals surface area contributed by atoms with Gasteiger partial charge in [-0.05, 0) is 36.6 Å². The van der Waals surface area contributed by atoms with Crippen LogP contribution in [0.3, 0.4) is 0 Å². The molecule has 2 aromatic rings. The van der Waals surface area contributed by atoms with Crippen LogP contribution in [0.15, 0.2) is 54.6 Å². The molecule has 5 nitrogen and oxygen atoms in total. The second-order valence-electron chi connectivity index (χ2n) is 6.30. The Morgan fingerprint density at radius 3 is 2.29 bits per heavy atom. The molecule has 124 valence electrons. The van der Waals surface area contributed by atoms with Crippen LogP contribution in [0, 0.1) is 0 Å². The summed E-state index contributed by atoms with van der Waals surface area (Å²) in [6.07, 6.45) is 1.60. The first kappa shape index (κ1) is 16.1. The minimum atomic E-state index is -0.500. The van der Waals surface area contributed by atoms with Gasteiger partial charge in [0, 0.05) is 25.3 Å². The fraction of sp³-hybridized carbons (Fsp3) is 0.263. The largest absolute Gasteiger partial charge is 0.378 e. The van der Waals surface area contributed by atoms with Crippen LogP contribution in [0.4, 0.5) is 5.69 Å². The molecule has 5 heteroatoms. The van der Waals surface area contributed by atoms with E-state index < -0.39 is 5.41 Å². The molecule has 24 heavy (non-hydrogen) atoms. The third kappa shape index (κ3) is 3.11. The number of hydrogen-bond donors (Lipinski definition) is 2. The zero-order chi connectivity index (χ0) is 17.2. The van der Waals surface area contributed by atoms with Gasteiger partial charge in [-0.15, -0.1) is 0 Å². The topological polar surface area (TPSA) is 61.4 Å². The summed E-state index contributed by atoms with van der Waals surface area (Å²) in [7, 11) is 3.82. The van der Waals surface area contributed by atoms with Crippen molar-refractivity contribution < 1.29 is 9.59 Å². The minimum Gasteiger partial charge on any atom is -0.378 e. The average molecular weight is 323 g/mol. The molecule has 0 aliphatic heterocycles. The van der Waals surface area contributed by atoms with E-state index in [2.05, 4.69) is 10.9 Å². The molecule has 0 heterocycles. The van der Waals surface area contributed by atoms with E-state index in [9.17, 15) is 9.59 Å². The van der Waals surface area contributed by atoms with Crippen molar-refractivity contribution in [3.05, 3.63) is 65.7 Å². The quantitative estimate of drug-likeness (QED) is 0.848. The number of carbonyl (C=O) groups excluding carboxylic acids is 2. The van der Waals surface area contributed by atoms with E-state index in [1.54, 1.807) is 12.1 Å². The number of nitrogens with zero attached hydrogens (tertiary/aromatic N) is 1. The van der Waals surface area contributed by atoms with Crippen LogP contribution in [-0.4, -0.2) is 25.9 Å². The van der Waals surface area contributed by atoms with Gasteiger partial charge in [-0.2, -0.15) is 0 Å². The molecule has 2 N–H and O–H groups in total. The van der Waals surface area contributed by atoms with Gasteiger partial charge in [-0.1, -0.05) is 36.4 Å². The Kier molecular flexibility index (Phi) is 4.25. The lowest BCUT2D eigenvalue weighted by molar-refractivity contribution is -0.124. The van der Waals surface area contributed by atoms with Gasteiger partial charge in [0.25, 0.3) is 5.91 Å². The fourth-order valence-electron chi connectivity index (χ4n) is 2.76. The maximum atomic E-state index is 12.5. The molecular formula is C19H21N3O2. The van der Waals surface area contributed by atoms with E-state index in [4.69, 9.17) is 0 Å². The Hall–Kier alpha value is -2.82. The van der Waals surface area contributed by atoms with Crippen molar-refractivity contribution in [1.29, 1.82) is 0 Å². The molecule has 1 aliphatic carbocycles. The summed E-state index contributed by atoms with van der Waals surface area (Å²) in [5, 5.41) is 0. The molecule has 2 amide bonds. The fourth-order valence-corrected chi connectivity index (χ4v) is 2.76. The molecule has 0 bridgehead atoms. The molecule has 0 radical (unpaired) electrons. The third-order valence-electron chi connectivity index (χ3n) is 4.43. The Labute approximate surface area is 141 Å². The molecule has 0 unspecified atom stereocenters. The van der Waals surface area contributed by atoms with Crippen LogP contribution < -0.4 is 15.8 Å². The van der Waals surface area contributed by atoms with Gasteiger partial charge in [0.1, 0.15) is 0 Å². The first-order valence-electron chi connectivity index (χ1n) is 7.97. The first-order chi connectivity index (χ1) is 11.5. The van der Waals surface area contributed by atoms with E-state index in [0.717, 1.165) is 24.1 Å². The lowest BCUT2D eigenvalue weighted by Gasteiger charge is -2.17. The van der Waals surface area contributed by atoms with Crippen LogP contribution in [0.2, 0.25) is 0 Å². The van der Waals surface area contributed by atoms with Crippen molar-refractivity contribution >= 4 is 17.5 Å². The van der Waals surface area contributed by atoms with Gasteiger partial charge in [-0.3, -0.25) is 20.4 Å². The highest BCUT2D eigenvalue weighted by Crippen LogP contribution is 2.48. The van der Waals surface area contributed by atoms with Crippen molar-refractivity contribution in [1.82, 2.24) is 10.9 Å². The summed E-state index contributed by atoms with van der Waals surface area (Å²) >= 11 is 0. The van der Waals surface area contributed by atoms with Gasteiger partial charge in [0.2, 0.25) is 5.91 Å². The highest BCUT2D eigenvalue weighted by atomic mass is 16.2. The van der Waals surface area contributed by atoms with E-state index in [1.165, 1.54) is 0 Å². The van der Waals surface area contributed by atoms with Gasteiger partial charge in [0.15, 0.2) is 0 Å². The molecule has 0 aromatic heterocycles. The average Bonchev–Trinajstić information content (AvgIpc) is 3.42. The number of hydrogen-bond acceptors (Lipinski definition) is 3. The van der Waals surface area contributed by atoms with Crippen molar-refractivity contribution in [3.8, 4) is 0 Å². The van der Waals surface area contributed by atoms with Crippen LogP contribution in [-0.2, 0) is 10.2 Å². The van der Waals surface area contributed by atoms with Crippen LogP contribution in [0.25, 0.3) is 0 Å². The molecule has 2 aromatic carbocycles. The number of benzene rings is 2.